The van der Waals surface area contributed by atoms with E-state index in [1.807, 2.05) is 24.4 Å². The van der Waals surface area contributed by atoms with Crippen molar-refractivity contribution in [3.05, 3.63) is 53.7 Å². The Hall–Kier alpha value is -2.80. The van der Waals surface area contributed by atoms with E-state index in [1.165, 1.54) is 0 Å². The van der Waals surface area contributed by atoms with Gasteiger partial charge >= 0.3 is 0 Å². The van der Waals surface area contributed by atoms with Crippen LogP contribution in [0, 0.1) is 0 Å². The molecule has 0 spiro atoms. The van der Waals surface area contributed by atoms with Crippen molar-refractivity contribution in [1.82, 2.24) is 15.6 Å². The first kappa shape index (κ1) is 20.9. The van der Waals surface area contributed by atoms with Crippen LogP contribution in [0.3, 0.4) is 0 Å². The third-order valence-electron chi connectivity index (χ3n) is 4.83. The summed E-state index contributed by atoms with van der Waals surface area (Å²) in [5, 5.41) is 6.65. The summed E-state index contributed by atoms with van der Waals surface area (Å²) in [4.78, 5) is 11.2. The molecule has 2 N–H and O–H groups in total. The number of anilines is 1. The van der Waals surface area contributed by atoms with E-state index in [1.54, 1.807) is 14.2 Å². The molecule has 0 bridgehead atoms. The first-order valence-corrected chi connectivity index (χ1v) is 10.00. The quantitative estimate of drug-likeness (QED) is 0.577. The molecule has 1 aliphatic rings. The number of aromatic nitrogens is 1. The number of nitrogens with zero attached hydrogens (tertiary/aromatic N) is 3. The van der Waals surface area contributed by atoms with Gasteiger partial charge in [0.1, 0.15) is 11.6 Å². The van der Waals surface area contributed by atoms with Gasteiger partial charge in [0.15, 0.2) is 5.96 Å². The number of guanidine groups is 1. The Morgan fingerprint density at radius 3 is 2.48 bits per heavy atom. The number of benzene rings is 1. The maximum absolute atomic E-state index is 5.80. The minimum atomic E-state index is 0.223. The van der Waals surface area contributed by atoms with Crippen LogP contribution in [0.15, 0.2) is 47.6 Å². The van der Waals surface area contributed by atoms with Crippen LogP contribution < -0.4 is 20.3 Å². The average Bonchev–Trinajstić information content (AvgIpc) is 2.73. The minimum Gasteiger partial charge on any atom is -0.497 e. The summed E-state index contributed by atoms with van der Waals surface area (Å²) in [6.07, 6.45) is 2.37. The standard InChI is InChI=1S/C22H31N5O2/c1-16-14-27(15-17(2)29-16)21-9-8-19(12-24-21)13-26-22(23-3)25-11-18-6-5-7-20(10-18)28-4/h5-10,12,16-17H,11,13-15H2,1-4H3,(H2,23,25,26). The van der Waals surface area contributed by atoms with Gasteiger partial charge in [0.2, 0.25) is 0 Å². The lowest BCUT2D eigenvalue weighted by Gasteiger charge is -2.36. The number of aliphatic imine (C=N–C) groups is 1. The predicted octanol–water partition coefficient (Wildman–Crippen LogP) is 2.57. The molecule has 7 heteroatoms. The normalized spacial score (nSPS) is 19.7. The highest BCUT2D eigenvalue weighted by Crippen LogP contribution is 2.18. The third kappa shape index (κ3) is 6.09. The summed E-state index contributed by atoms with van der Waals surface area (Å²) < 4.78 is 11.1. The highest BCUT2D eigenvalue weighted by Gasteiger charge is 2.22. The third-order valence-corrected chi connectivity index (χ3v) is 4.83. The molecular weight excluding hydrogens is 366 g/mol. The Bertz CT molecular complexity index is 799. The van der Waals surface area contributed by atoms with Gasteiger partial charge < -0.3 is 25.0 Å². The lowest BCUT2D eigenvalue weighted by atomic mass is 10.2. The molecule has 1 fully saturated rings. The Morgan fingerprint density at radius 2 is 1.86 bits per heavy atom. The summed E-state index contributed by atoms with van der Waals surface area (Å²) in [6, 6.07) is 12.2. The number of hydrogen-bond donors (Lipinski definition) is 2. The zero-order chi connectivity index (χ0) is 20.6. The Kier molecular flexibility index (Phi) is 7.30. The van der Waals surface area contributed by atoms with Gasteiger partial charge in [-0.05, 0) is 43.2 Å². The molecule has 1 aromatic carbocycles. The molecule has 0 aliphatic carbocycles. The molecule has 2 unspecified atom stereocenters. The molecule has 7 nitrogen and oxygen atoms in total. The number of pyridine rings is 1. The maximum Gasteiger partial charge on any atom is 0.191 e. The van der Waals surface area contributed by atoms with Crippen LogP contribution in [0.25, 0.3) is 0 Å². The molecule has 1 aliphatic heterocycles. The van der Waals surface area contributed by atoms with E-state index in [4.69, 9.17) is 9.47 Å². The van der Waals surface area contributed by atoms with Gasteiger partial charge in [-0.1, -0.05) is 18.2 Å². The number of hydrogen-bond acceptors (Lipinski definition) is 5. The molecule has 3 rings (SSSR count). The van der Waals surface area contributed by atoms with Gasteiger partial charge in [-0.2, -0.15) is 0 Å². The molecule has 2 aromatic rings. The number of rotatable bonds is 6. The summed E-state index contributed by atoms with van der Waals surface area (Å²) in [5.74, 6) is 2.59. The van der Waals surface area contributed by atoms with Crippen LogP contribution in [0.4, 0.5) is 5.82 Å². The Labute approximate surface area is 173 Å². The highest BCUT2D eigenvalue weighted by molar-refractivity contribution is 5.79. The molecule has 2 atom stereocenters. The average molecular weight is 398 g/mol. The first-order valence-electron chi connectivity index (χ1n) is 10.00. The molecular formula is C22H31N5O2. The van der Waals surface area contributed by atoms with Gasteiger partial charge in [0.25, 0.3) is 0 Å². The fourth-order valence-electron chi connectivity index (χ4n) is 3.45. The number of morpholine rings is 1. The summed E-state index contributed by atoms with van der Waals surface area (Å²) in [5.41, 5.74) is 2.24. The second-order valence-corrected chi connectivity index (χ2v) is 7.32. The SMILES string of the molecule is CN=C(NCc1ccc(N2CC(C)OC(C)C2)nc1)NCc1cccc(OC)c1. The largest absolute Gasteiger partial charge is 0.497 e. The van der Waals surface area contributed by atoms with Crippen molar-refractivity contribution < 1.29 is 9.47 Å². The number of ether oxygens (including phenoxy) is 2. The highest BCUT2D eigenvalue weighted by atomic mass is 16.5. The molecule has 0 saturated carbocycles. The molecule has 29 heavy (non-hydrogen) atoms. The van der Waals surface area contributed by atoms with Crippen LogP contribution in [0.5, 0.6) is 5.75 Å². The van der Waals surface area contributed by atoms with Crippen molar-refractivity contribution in [2.75, 3.05) is 32.1 Å². The van der Waals surface area contributed by atoms with E-state index in [0.717, 1.165) is 41.7 Å². The maximum atomic E-state index is 5.80. The second-order valence-electron chi connectivity index (χ2n) is 7.32. The van der Waals surface area contributed by atoms with Crippen molar-refractivity contribution >= 4 is 11.8 Å². The zero-order valence-corrected chi connectivity index (χ0v) is 17.7. The van der Waals surface area contributed by atoms with Crippen molar-refractivity contribution in [3.8, 4) is 5.75 Å². The van der Waals surface area contributed by atoms with E-state index in [2.05, 4.69) is 57.6 Å². The summed E-state index contributed by atoms with van der Waals surface area (Å²) in [7, 11) is 3.44. The van der Waals surface area contributed by atoms with Crippen LogP contribution in [0.2, 0.25) is 0 Å². The van der Waals surface area contributed by atoms with Crippen molar-refractivity contribution in [3.63, 3.8) is 0 Å². The number of methoxy groups -OCH3 is 1. The zero-order valence-electron chi connectivity index (χ0n) is 17.7. The van der Waals surface area contributed by atoms with Gasteiger partial charge in [-0.25, -0.2) is 4.98 Å². The van der Waals surface area contributed by atoms with E-state index >= 15 is 0 Å². The second kappa shape index (κ2) is 10.1. The molecule has 1 saturated heterocycles. The molecule has 0 radical (unpaired) electrons. The lowest BCUT2D eigenvalue weighted by Crippen LogP contribution is -2.45. The Balaban J connectivity index is 1.50. The van der Waals surface area contributed by atoms with Gasteiger partial charge in [0.05, 0.1) is 19.3 Å². The van der Waals surface area contributed by atoms with E-state index < -0.39 is 0 Å². The van der Waals surface area contributed by atoms with E-state index in [-0.39, 0.29) is 12.2 Å². The summed E-state index contributed by atoms with van der Waals surface area (Å²) in [6.45, 7) is 7.27. The fraction of sp³-hybridized carbons (Fsp3) is 0.455. The number of nitrogens with one attached hydrogen (secondary N) is 2. The van der Waals surface area contributed by atoms with Crippen molar-refractivity contribution in [1.29, 1.82) is 0 Å². The first-order chi connectivity index (χ1) is 14.1. The van der Waals surface area contributed by atoms with Crippen molar-refractivity contribution in [2.24, 2.45) is 4.99 Å². The smallest absolute Gasteiger partial charge is 0.191 e. The minimum absolute atomic E-state index is 0.223. The molecule has 0 amide bonds. The fourth-order valence-corrected chi connectivity index (χ4v) is 3.45. The monoisotopic (exact) mass is 397 g/mol. The van der Waals surface area contributed by atoms with Gasteiger partial charge in [-0.15, -0.1) is 0 Å². The van der Waals surface area contributed by atoms with Crippen LogP contribution >= 0.6 is 0 Å². The van der Waals surface area contributed by atoms with Gasteiger partial charge in [-0.3, -0.25) is 4.99 Å². The van der Waals surface area contributed by atoms with Crippen LogP contribution in [-0.4, -0.2) is 50.4 Å². The van der Waals surface area contributed by atoms with E-state index in [0.29, 0.717) is 13.1 Å². The molecule has 2 heterocycles. The molecule has 1 aromatic heterocycles. The molecule has 156 valence electrons. The predicted molar refractivity (Wildman–Crippen MR) is 116 cm³/mol. The van der Waals surface area contributed by atoms with Crippen LogP contribution in [-0.2, 0) is 17.8 Å². The Morgan fingerprint density at radius 1 is 1.14 bits per heavy atom. The van der Waals surface area contributed by atoms with E-state index in [9.17, 15) is 0 Å². The van der Waals surface area contributed by atoms with Gasteiger partial charge in [0, 0.05) is 39.4 Å². The van der Waals surface area contributed by atoms with Crippen molar-refractivity contribution in [2.45, 2.75) is 39.1 Å². The van der Waals surface area contributed by atoms with Crippen LogP contribution in [0.1, 0.15) is 25.0 Å². The lowest BCUT2D eigenvalue weighted by molar-refractivity contribution is -0.00545. The topological polar surface area (TPSA) is 71.0 Å². The summed E-state index contributed by atoms with van der Waals surface area (Å²) >= 11 is 0.